The Labute approximate surface area is 469 Å². The van der Waals surface area contributed by atoms with E-state index >= 15 is 0 Å². The molecule has 1 aromatic rings. The summed E-state index contributed by atoms with van der Waals surface area (Å²) in [6.45, 7) is 5.29. The summed E-state index contributed by atoms with van der Waals surface area (Å²) in [4.78, 5) is 78.7. The second kappa shape index (κ2) is 53.9. The van der Waals surface area contributed by atoms with Crippen LogP contribution in [0.2, 0.25) is 0 Å². The summed E-state index contributed by atoms with van der Waals surface area (Å²) < 4.78 is 18.9. The summed E-state index contributed by atoms with van der Waals surface area (Å²) in [6, 6.07) is 0. The lowest BCUT2D eigenvalue weighted by atomic mass is 10.1. The molecular weight excluding hydrogens is 1000 g/mol. The van der Waals surface area contributed by atoms with Crippen molar-refractivity contribution >= 4 is 53.2 Å². The summed E-state index contributed by atoms with van der Waals surface area (Å²) in [5.41, 5.74) is -2.65. The molecule has 0 bridgehead atoms. The number of ether oxygens (including phenoxy) is 3. The highest BCUT2D eigenvalue weighted by Gasteiger charge is 2.18. The molecule has 0 atom stereocenters. The van der Waals surface area contributed by atoms with Crippen molar-refractivity contribution in [2.24, 2.45) is 0 Å². The predicted molar refractivity (Wildman–Crippen MR) is 321 cm³/mol. The van der Waals surface area contributed by atoms with Crippen LogP contribution in [0.15, 0.2) is 14.4 Å². The minimum absolute atomic E-state index is 0.216. The Morgan fingerprint density at radius 2 is 0.480 bits per heavy atom. The molecule has 0 aliphatic carbocycles. The molecule has 0 N–H and O–H groups in total. The van der Waals surface area contributed by atoms with Crippen molar-refractivity contribution < 1.29 is 28.6 Å². The number of thioether (sulfide) groups is 3. The summed E-state index contributed by atoms with van der Waals surface area (Å²) >= 11 is 5.18. The van der Waals surface area contributed by atoms with Gasteiger partial charge in [-0.15, -0.1) is 0 Å². The van der Waals surface area contributed by atoms with E-state index in [1.165, 1.54) is 212 Å². The van der Waals surface area contributed by atoms with Gasteiger partial charge in [0, 0.05) is 17.3 Å². The maximum Gasteiger partial charge on any atom is 0.336 e. The maximum absolute atomic E-state index is 13.6. The van der Waals surface area contributed by atoms with Crippen LogP contribution < -0.4 is 17.1 Å². The molecule has 1 aromatic heterocycles. The van der Waals surface area contributed by atoms with Crippen LogP contribution in [0.3, 0.4) is 0 Å². The molecule has 438 valence electrons. The van der Waals surface area contributed by atoms with E-state index in [0.29, 0.717) is 17.3 Å². The Morgan fingerprint density at radius 1 is 0.293 bits per heavy atom. The van der Waals surface area contributed by atoms with Crippen LogP contribution in [0.1, 0.15) is 271 Å². The highest BCUT2D eigenvalue weighted by Crippen LogP contribution is 2.17. The Hall–Kier alpha value is -2.13. The number of hydrogen-bond acceptors (Lipinski definition) is 12. The van der Waals surface area contributed by atoms with Crippen molar-refractivity contribution in [1.82, 2.24) is 13.7 Å². The van der Waals surface area contributed by atoms with Crippen molar-refractivity contribution in [3.8, 4) is 0 Å². The second-order valence-electron chi connectivity index (χ2n) is 20.7. The van der Waals surface area contributed by atoms with E-state index in [4.69, 9.17) is 14.2 Å². The Kier molecular flexibility index (Phi) is 50.9. The summed E-state index contributed by atoms with van der Waals surface area (Å²) in [5.74, 6) is 3.59. The van der Waals surface area contributed by atoms with Crippen LogP contribution in [-0.4, -0.2) is 85.9 Å². The van der Waals surface area contributed by atoms with Gasteiger partial charge in [0.25, 0.3) is 0 Å². The van der Waals surface area contributed by atoms with E-state index in [-0.39, 0.29) is 58.7 Å². The first kappa shape index (κ1) is 70.9. The molecule has 75 heavy (non-hydrogen) atoms. The summed E-state index contributed by atoms with van der Waals surface area (Å²) in [6.07, 6.45) is 47.5. The van der Waals surface area contributed by atoms with Gasteiger partial charge >= 0.3 is 35.0 Å². The van der Waals surface area contributed by atoms with E-state index in [9.17, 15) is 28.8 Å². The zero-order valence-corrected chi connectivity index (χ0v) is 50.8. The van der Waals surface area contributed by atoms with Gasteiger partial charge in [-0.05, 0) is 36.5 Å². The second-order valence-corrected chi connectivity index (χ2v) is 24.4. The Morgan fingerprint density at radius 3 is 0.680 bits per heavy atom. The Balaban J connectivity index is 2.57. The van der Waals surface area contributed by atoms with Crippen molar-refractivity contribution in [1.29, 1.82) is 0 Å². The van der Waals surface area contributed by atoms with Crippen LogP contribution in [0.4, 0.5) is 0 Å². The zero-order valence-electron chi connectivity index (χ0n) is 48.3. The van der Waals surface area contributed by atoms with Gasteiger partial charge in [0.2, 0.25) is 0 Å². The molecule has 0 spiro atoms. The van der Waals surface area contributed by atoms with Gasteiger partial charge in [0.1, 0.15) is 19.8 Å². The molecule has 0 amide bonds. The fraction of sp³-hybridized carbons (Fsp3) is 0.900. The van der Waals surface area contributed by atoms with Crippen molar-refractivity contribution in [3.05, 3.63) is 31.5 Å². The molecule has 12 nitrogen and oxygen atoms in total. The number of unbranched alkanes of at least 4 members (excludes halogenated alkanes) is 33. The predicted octanol–water partition coefficient (Wildman–Crippen LogP) is 15.3. The van der Waals surface area contributed by atoms with Gasteiger partial charge < -0.3 is 14.2 Å². The molecule has 0 aromatic carbocycles. The lowest BCUT2D eigenvalue weighted by Gasteiger charge is -2.14. The Bertz CT molecular complexity index is 1470. The minimum Gasteiger partial charge on any atom is -0.464 e. The number of hydrogen-bond donors (Lipinski definition) is 0. The average Bonchev–Trinajstić information content (AvgIpc) is 3.40. The SMILES string of the molecule is CCCCCCCCCCCCCCSCCC(=O)OCCn1c(=O)n(CCOC(=O)CCSCCCCCCCCCCCCCC)c(=O)n(CCOC(=O)CCSCCCCCCCCCCCCCC)c1=O. The first-order valence-corrected chi connectivity index (χ1v) is 34.4. The smallest absolute Gasteiger partial charge is 0.336 e. The van der Waals surface area contributed by atoms with Crippen LogP contribution >= 0.6 is 35.3 Å². The van der Waals surface area contributed by atoms with Crippen molar-refractivity contribution in [3.63, 3.8) is 0 Å². The third-order valence-corrected chi connectivity index (χ3v) is 17.1. The standard InChI is InChI=1S/C60H111N3O9S3/c1-4-7-10-13-16-19-22-25-28-31-34-37-49-73-52-40-55(64)70-46-43-61-58(67)62(44-47-71-56(65)41-53-74-50-38-35-32-29-26-23-20-17-14-11-8-5-2)60(69)63(59(61)68)45-48-72-57(66)42-54-75-51-39-36-33-30-27-24-21-18-15-12-9-6-3/h4-54H2,1-3H3. The third-order valence-electron chi connectivity index (χ3n) is 13.9. The first-order chi connectivity index (χ1) is 36.8. The summed E-state index contributed by atoms with van der Waals surface area (Å²) in [7, 11) is 0. The van der Waals surface area contributed by atoms with Gasteiger partial charge in [0.15, 0.2) is 0 Å². The van der Waals surface area contributed by atoms with Crippen molar-refractivity contribution in [2.75, 3.05) is 54.3 Å². The lowest BCUT2D eigenvalue weighted by molar-refractivity contribution is -0.144. The topological polar surface area (TPSA) is 145 Å². The first-order valence-electron chi connectivity index (χ1n) is 30.9. The van der Waals surface area contributed by atoms with Crippen LogP contribution in [0.25, 0.3) is 0 Å². The number of esters is 3. The molecular formula is C60H111N3O9S3. The molecule has 0 unspecified atom stereocenters. The largest absolute Gasteiger partial charge is 0.464 e. The van der Waals surface area contributed by atoms with Crippen LogP contribution in [0.5, 0.6) is 0 Å². The third kappa shape index (κ3) is 42.5. The van der Waals surface area contributed by atoms with Gasteiger partial charge in [-0.3, -0.25) is 14.4 Å². The normalized spacial score (nSPS) is 11.4. The van der Waals surface area contributed by atoms with Gasteiger partial charge in [-0.25, -0.2) is 28.1 Å². The van der Waals surface area contributed by atoms with Crippen LogP contribution in [-0.2, 0) is 48.2 Å². The van der Waals surface area contributed by atoms with E-state index in [1.807, 2.05) is 0 Å². The zero-order chi connectivity index (χ0) is 54.5. The van der Waals surface area contributed by atoms with Gasteiger partial charge in [-0.1, -0.05) is 233 Å². The molecule has 1 rings (SSSR count). The monoisotopic (exact) mass is 1110 g/mol. The fourth-order valence-electron chi connectivity index (χ4n) is 9.13. The van der Waals surface area contributed by atoms with E-state index in [1.54, 1.807) is 35.3 Å². The van der Waals surface area contributed by atoms with Crippen molar-refractivity contribution in [2.45, 2.75) is 291 Å². The summed E-state index contributed by atoms with van der Waals surface area (Å²) in [5, 5.41) is 0. The molecule has 15 heteroatoms. The average molecular weight is 1110 g/mol. The van der Waals surface area contributed by atoms with Gasteiger partial charge in [-0.2, -0.15) is 35.3 Å². The van der Waals surface area contributed by atoms with E-state index in [2.05, 4.69) is 20.8 Å². The number of carbonyl (C=O) groups excluding carboxylic acids is 3. The van der Waals surface area contributed by atoms with Crippen LogP contribution in [0, 0.1) is 0 Å². The molecule has 0 saturated carbocycles. The highest BCUT2D eigenvalue weighted by atomic mass is 32.2. The number of rotatable bonds is 57. The molecule has 0 radical (unpaired) electrons. The molecule has 0 saturated heterocycles. The van der Waals surface area contributed by atoms with Gasteiger partial charge in [0.05, 0.1) is 38.9 Å². The molecule has 0 fully saturated rings. The lowest BCUT2D eigenvalue weighted by Crippen LogP contribution is -2.55. The number of aromatic nitrogens is 3. The maximum atomic E-state index is 13.6. The molecule has 0 aliphatic heterocycles. The number of nitrogens with zero attached hydrogens (tertiary/aromatic N) is 3. The van der Waals surface area contributed by atoms with E-state index < -0.39 is 35.0 Å². The molecule has 0 aliphatic rings. The minimum atomic E-state index is -0.883. The number of carbonyl (C=O) groups is 3. The highest BCUT2D eigenvalue weighted by molar-refractivity contribution is 7.99. The van der Waals surface area contributed by atoms with E-state index in [0.717, 1.165) is 50.2 Å². The fourth-order valence-corrected chi connectivity index (χ4v) is 11.9. The molecule has 1 heterocycles. The quantitative estimate of drug-likeness (QED) is 0.0348.